The van der Waals surface area contributed by atoms with E-state index in [0.717, 1.165) is 34.9 Å². The van der Waals surface area contributed by atoms with Gasteiger partial charge >= 0.3 is 0 Å². The molecule has 0 atom stereocenters. The number of benzene rings is 1. The fourth-order valence-corrected chi connectivity index (χ4v) is 2.24. The van der Waals surface area contributed by atoms with E-state index >= 15 is 0 Å². The van der Waals surface area contributed by atoms with E-state index in [1.54, 1.807) is 0 Å². The monoisotopic (exact) mass is 264 g/mol. The first-order valence-electron chi connectivity index (χ1n) is 5.86. The Morgan fingerprint density at radius 3 is 2.72 bits per heavy atom. The molecule has 3 rings (SSSR count). The smallest absolute Gasteiger partial charge is 0.200 e. The Morgan fingerprint density at radius 1 is 1.22 bits per heavy atom. The zero-order valence-corrected chi connectivity index (χ0v) is 10.8. The van der Waals surface area contributed by atoms with Gasteiger partial charge in [0.2, 0.25) is 5.28 Å². The predicted octanol–water partition coefficient (Wildman–Crippen LogP) is 3.20. The molecular weight excluding hydrogens is 252 g/mol. The predicted molar refractivity (Wildman–Crippen MR) is 69.4 cm³/mol. The average molecular weight is 265 g/mol. The molecular formula is C13H13ClN2O2. The van der Waals surface area contributed by atoms with Gasteiger partial charge in [-0.1, -0.05) is 0 Å². The van der Waals surface area contributed by atoms with Crippen LogP contribution < -0.4 is 9.47 Å². The van der Waals surface area contributed by atoms with Crippen molar-refractivity contribution < 1.29 is 9.47 Å². The summed E-state index contributed by atoms with van der Waals surface area (Å²) < 4.78 is 11.3. The van der Waals surface area contributed by atoms with E-state index in [9.17, 15) is 0 Å². The summed E-state index contributed by atoms with van der Waals surface area (Å²) in [7, 11) is 0. The second kappa shape index (κ2) is 4.53. The Hall–Kier alpha value is -1.68. The summed E-state index contributed by atoms with van der Waals surface area (Å²) >= 11 is 5.86. The Morgan fingerprint density at radius 2 is 2.00 bits per heavy atom. The van der Waals surface area contributed by atoms with Gasteiger partial charge in [0.25, 0.3) is 0 Å². The topological polar surface area (TPSA) is 47.1 Å². The van der Waals surface area contributed by atoms with Crippen molar-refractivity contribution in [1.82, 2.24) is 9.97 Å². The van der Waals surface area contributed by atoms with E-state index in [1.807, 2.05) is 25.1 Å². The number of ether oxygens (including phenoxy) is 2. The van der Waals surface area contributed by atoms with Crippen LogP contribution in [0.3, 0.4) is 0 Å². The van der Waals surface area contributed by atoms with Crippen molar-refractivity contribution >= 4 is 11.6 Å². The van der Waals surface area contributed by atoms with Gasteiger partial charge in [0, 0.05) is 17.7 Å². The molecule has 0 fully saturated rings. The van der Waals surface area contributed by atoms with E-state index < -0.39 is 0 Å². The van der Waals surface area contributed by atoms with Gasteiger partial charge in [0.15, 0.2) is 11.5 Å². The minimum absolute atomic E-state index is 0.398. The molecule has 0 saturated carbocycles. The SMILES string of the molecule is Cc1[nH]c(Cl)nc1-c1ccc2c(c1)OCCCO2. The molecule has 1 aliphatic rings. The maximum absolute atomic E-state index is 5.86. The molecule has 4 nitrogen and oxygen atoms in total. The Bertz CT molecular complexity index is 580. The molecule has 5 heteroatoms. The number of fused-ring (bicyclic) bond motifs is 1. The molecule has 0 radical (unpaired) electrons. The summed E-state index contributed by atoms with van der Waals surface area (Å²) in [6.45, 7) is 3.31. The Kier molecular flexibility index (Phi) is 2.88. The van der Waals surface area contributed by atoms with Crippen molar-refractivity contribution in [2.75, 3.05) is 13.2 Å². The third kappa shape index (κ3) is 2.04. The summed E-state index contributed by atoms with van der Waals surface area (Å²) in [5, 5.41) is 0.398. The molecule has 0 aliphatic carbocycles. The second-order valence-corrected chi connectivity index (χ2v) is 4.57. The number of H-pyrrole nitrogens is 1. The van der Waals surface area contributed by atoms with Crippen molar-refractivity contribution in [3.05, 3.63) is 29.2 Å². The molecule has 18 heavy (non-hydrogen) atoms. The van der Waals surface area contributed by atoms with E-state index in [-0.39, 0.29) is 0 Å². The van der Waals surface area contributed by atoms with Crippen molar-refractivity contribution in [3.8, 4) is 22.8 Å². The zero-order chi connectivity index (χ0) is 12.5. The number of nitrogens with one attached hydrogen (secondary N) is 1. The van der Waals surface area contributed by atoms with Crippen molar-refractivity contribution in [2.24, 2.45) is 0 Å². The molecule has 2 heterocycles. The third-order valence-electron chi connectivity index (χ3n) is 2.88. The summed E-state index contributed by atoms with van der Waals surface area (Å²) in [4.78, 5) is 7.25. The molecule has 0 saturated heterocycles. The molecule has 0 spiro atoms. The minimum Gasteiger partial charge on any atom is -0.490 e. The van der Waals surface area contributed by atoms with Crippen molar-refractivity contribution in [2.45, 2.75) is 13.3 Å². The van der Waals surface area contributed by atoms with Gasteiger partial charge in [0.1, 0.15) is 0 Å². The molecule has 2 aromatic rings. The lowest BCUT2D eigenvalue weighted by Crippen LogP contribution is -1.97. The van der Waals surface area contributed by atoms with Crippen LogP contribution in [0.1, 0.15) is 12.1 Å². The van der Waals surface area contributed by atoms with E-state index in [2.05, 4.69) is 9.97 Å². The van der Waals surface area contributed by atoms with Crippen LogP contribution in [0.5, 0.6) is 11.5 Å². The van der Waals surface area contributed by atoms with Crippen LogP contribution in [-0.2, 0) is 0 Å². The zero-order valence-electron chi connectivity index (χ0n) is 10.00. The van der Waals surface area contributed by atoms with Gasteiger partial charge < -0.3 is 14.5 Å². The number of aromatic amines is 1. The normalized spacial score (nSPS) is 14.3. The lowest BCUT2D eigenvalue weighted by atomic mass is 10.1. The van der Waals surface area contributed by atoms with Crippen LogP contribution in [0.2, 0.25) is 5.28 Å². The van der Waals surface area contributed by atoms with E-state index in [0.29, 0.717) is 18.5 Å². The van der Waals surface area contributed by atoms with Crippen LogP contribution in [0, 0.1) is 6.92 Å². The highest BCUT2D eigenvalue weighted by Gasteiger charge is 2.14. The van der Waals surface area contributed by atoms with Crippen LogP contribution >= 0.6 is 11.6 Å². The molecule has 1 aliphatic heterocycles. The molecule has 0 amide bonds. The van der Waals surface area contributed by atoms with Crippen molar-refractivity contribution in [3.63, 3.8) is 0 Å². The van der Waals surface area contributed by atoms with Crippen LogP contribution in [0.25, 0.3) is 11.3 Å². The van der Waals surface area contributed by atoms with Gasteiger partial charge in [-0.15, -0.1) is 0 Å². The quantitative estimate of drug-likeness (QED) is 0.860. The maximum Gasteiger partial charge on any atom is 0.200 e. The number of halogens is 1. The summed E-state index contributed by atoms with van der Waals surface area (Å²) in [5.74, 6) is 1.55. The summed E-state index contributed by atoms with van der Waals surface area (Å²) in [5.41, 5.74) is 2.75. The molecule has 0 bridgehead atoms. The highest BCUT2D eigenvalue weighted by Crippen LogP contribution is 2.34. The van der Waals surface area contributed by atoms with Crippen LogP contribution in [0.4, 0.5) is 0 Å². The minimum atomic E-state index is 0.398. The van der Waals surface area contributed by atoms with Crippen LogP contribution in [0.15, 0.2) is 18.2 Å². The molecule has 1 N–H and O–H groups in total. The highest BCUT2D eigenvalue weighted by molar-refractivity contribution is 6.28. The third-order valence-corrected chi connectivity index (χ3v) is 3.06. The molecule has 1 aromatic heterocycles. The number of rotatable bonds is 1. The van der Waals surface area contributed by atoms with Crippen molar-refractivity contribution in [1.29, 1.82) is 0 Å². The first-order chi connectivity index (χ1) is 8.74. The molecule has 94 valence electrons. The van der Waals surface area contributed by atoms with Gasteiger partial charge in [-0.2, -0.15) is 0 Å². The molecule has 1 aromatic carbocycles. The van der Waals surface area contributed by atoms with Gasteiger partial charge in [0.05, 0.1) is 18.9 Å². The average Bonchev–Trinajstić information content (AvgIpc) is 2.58. The number of nitrogens with zero attached hydrogens (tertiary/aromatic N) is 1. The fraction of sp³-hybridized carbons (Fsp3) is 0.308. The van der Waals surface area contributed by atoms with Gasteiger partial charge in [-0.3, -0.25) is 0 Å². The van der Waals surface area contributed by atoms with E-state index in [4.69, 9.17) is 21.1 Å². The lowest BCUT2D eigenvalue weighted by Gasteiger charge is -2.08. The van der Waals surface area contributed by atoms with E-state index in [1.165, 1.54) is 0 Å². The maximum atomic E-state index is 5.86. The largest absolute Gasteiger partial charge is 0.490 e. The first-order valence-corrected chi connectivity index (χ1v) is 6.24. The number of imidazole rings is 1. The van der Waals surface area contributed by atoms with Gasteiger partial charge in [-0.25, -0.2) is 4.98 Å². The highest BCUT2D eigenvalue weighted by atomic mass is 35.5. The second-order valence-electron chi connectivity index (χ2n) is 4.21. The van der Waals surface area contributed by atoms with Gasteiger partial charge in [-0.05, 0) is 36.7 Å². The standard InChI is InChI=1S/C13H13ClN2O2/c1-8-12(16-13(14)15-8)9-3-4-10-11(7-9)18-6-2-5-17-10/h3-4,7H,2,5-6H2,1H3,(H,15,16). The number of hydrogen-bond acceptors (Lipinski definition) is 3. The summed E-state index contributed by atoms with van der Waals surface area (Å²) in [6, 6.07) is 5.82. The number of aryl methyl sites for hydroxylation is 1. The first kappa shape index (κ1) is 11.4. The Labute approximate surface area is 110 Å². The number of aromatic nitrogens is 2. The fourth-order valence-electron chi connectivity index (χ4n) is 2.02. The number of hydrogen-bond donors (Lipinski definition) is 1. The Balaban J connectivity index is 2.04. The molecule has 0 unspecified atom stereocenters. The van der Waals surface area contributed by atoms with Crippen LogP contribution in [-0.4, -0.2) is 23.2 Å². The lowest BCUT2D eigenvalue weighted by molar-refractivity contribution is 0.297. The summed E-state index contributed by atoms with van der Waals surface area (Å²) in [6.07, 6.45) is 0.900.